The summed E-state index contributed by atoms with van der Waals surface area (Å²) in [6.07, 6.45) is 2.78. The monoisotopic (exact) mass is 322 g/mol. The Hall–Kier alpha value is -1.05. The molecule has 1 aromatic heterocycles. The van der Waals surface area contributed by atoms with E-state index in [1.165, 1.54) is 6.92 Å². The van der Waals surface area contributed by atoms with Crippen LogP contribution < -0.4 is 0 Å². The fourth-order valence-corrected chi connectivity index (χ4v) is 3.08. The summed E-state index contributed by atoms with van der Waals surface area (Å²) in [4.78, 5) is 11.5. The van der Waals surface area contributed by atoms with Gasteiger partial charge in [-0.25, -0.2) is 13.2 Å². The Balaban J connectivity index is 1.99. The van der Waals surface area contributed by atoms with Gasteiger partial charge in [-0.2, -0.15) is 0 Å². The zero-order valence-electron chi connectivity index (χ0n) is 10.9. The largest absolute Gasteiger partial charge is 0.457 e. The van der Waals surface area contributed by atoms with Gasteiger partial charge < -0.3 is 13.9 Å². The van der Waals surface area contributed by atoms with Crippen LogP contribution in [0.5, 0.6) is 0 Å². The molecule has 1 atom stereocenters. The van der Waals surface area contributed by atoms with Crippen molar-refractivity contribution in [2.45, 2.75) is 37.2 Å². The molecule has 112 valence electrons. The molecule has 6 nitrogen and oxygen atoms in total. The van der Waals surface area contributed by atoms with Crippen molar-refractivity contribution in [3.63, 3.8) is 0 Å². The second kappa shape index (κ2) is 6.15. The van der Waals surface area contributed by atoms with Crippen LogP contribution in [0, 0.1) is 6.92 Å². The summed E-state index contributed by atoms with van der Waals surface area (Å²) in [6.45, 7) is 2.20. The van der Waals surface area contributed by atoms with E-state index < -0.39 is 15.0 Å². The molecule has 1 saturated heterocycles. The Morgan fingerprint density at radius 2 is 2.25 bits per heavy atom. The van der Waals surface area contributed by atoms with E-state index in [9.17, 15) is 13.2 Å². The Kier molecular flexibility index (Phi) is 4.72. The minimum Gasteiger partial charge on any atom is -0.457 e. The Bertz CT molecular complexity index is 585. The number of carbonyl (C=O) groups is 1. The van der Waals surface area contributed by atoms with E-state index in [1.807, 2.05) is 0 Å². The van der Waals surface area contributed by atoms with Gasteiger partial charge in [0.25, 0.3) is 9.05 Å². The van der Waals surface area contributed by atoms with E-state index in [1.54, 1.807) is 0 Å². The van der Waals surface area contributed by atoms with Crippen molar-refractivity contribution in [3.8, 4) is 0 Å². The quantitative estimate of drug-likeness (QED) is 0.624. The Morgan fingerprint density at radius 3 is 2.80 bits per heavy atom. The molecule has 0 aliphatic carbocycles. The van der Waals surface area contributed by atoms with Crippen molar-refractivity contribution < 1.29 is 27.1 Å². The topological polar surface area (TPSA) is 82.8 Å². The van der Waals surface area contributed by atoms with E-state index in [-0.39, 0.29) is 29.1 Å². The molecule has 1 fully saturated rings. The van der Waals surface area contributed by atoms with Gasteiger partial charge in [-0.05, 0) is 26.2 Å². The minimum atomic E-state index is -3.94. The summed E-state index contributed by atoms with van der Waals surface area (Å²) < 4.78 is 38.0. The Morgan fingerprint density at radius 1 is 1.50 bits per heavy atom. The molecule has 0 saturated carbocycles. The lowest BCUT2D eigenvalue weighted by Gasteiger charge is -2.21. The number of rotatable bonds is 4. The van der Waals surface area contributed by atoms with Crippen LogP contribution in [0.2, 0.25) is 0 Å². The molecule has 2 rings (SSSR count). The first-order valence-electron chi connectivity index (χ1n) is 6.22. The third kappa shape index (κ3) is 3.74. The molecule has 1 unspecified atom stereocenters. The SMILES string of the molecule is Cc1oc(C(=O)OCC2CCCCO2)cc1S(=O)(=O)Cl. The average molecular weight is 323 g/mol. The first-order valence-corrected chi connectivity index (χ1v) is 8.52. The second-order valence-electron chi connectivity index (χ2n) is 4.56. The van der Waals surface area contributed by atoms with Crippen molar-refractivity contribution in [3.05, 3.63) is 17.6 Å². The van der Waals surface area contributed by atoms with E-state index in [4.69, 9.17) is 24.6 Å². The second-order valence-corrected chi connectivity index (χ2v) is 7.09. The summed E-state index contributed by atoms with van der Waals surface area (Å²) >= 11 is 0. The van der Waals surface area contributed by atoms with Gasteiger partial charge in [0, 0.05) is 23.4 Å². The lowest BCUT2D eigenvalue weighted by molar-refractivity contribution is -0.0311. The summed E-state index contributed by atoms with van der Waals surface area (Å²) in [5, 5.41) is 0. The van der Waals surface area contributed by atoms with Crippen molar-refractivity contribution >= 4 is 25.7 Å². The molecular weight excluding hydrogens is 308 g/mol. The zero-order chi connectivity index (χ0) is 14.8. The maximum atomic E-state index is 11.8. The van der Waals surface area contributed by atoms with E-state index >= 15 is 0 Å². The van der Waals surface area contributed by atoms with E-state index in [0.29, 0.717) is 6.61 Å². The number of aryl methyl sites for hydroxylation is 1. The molecule has 0 spiro atoms. The van der Waals surface area contributed by atoms with Gasteiger partial charge in [0.1, 0.15) is 17.3 Å². The summed E-state index contributed by atoms with van der Waals surface area (Å²) in [6, 6.07) is 1.07. The highest BCUT2D eigenvalue weighted by atomic mass is 35.7. The third-order valence-corrected chi connectivity index (χ3v) is 4.44. The van der Waals surface area contributed by atoms with Gasteiger partial charge in [-0.1, -0.05) is 0 Å². The molecule has 0 bridgehead atoms. The van der Waals surface area contributed by atoms with Crippen molar-refractivity contribution in [2.75, 3.05) is 13.2 Å². The molecule has 0 aromatic carbocycles. The third-order valence-electron chi connectivity index (χ3n) is 3.01. The highest BCUT2D eigenvalue weighted by Crippen LogP contribution is 2.24. The number of hydrogen-bond acceptors (Lipinski definition) is 6. The maximum Gasteiger partial charge on any atom is 0.374 e. The summed E-state index contributed by atoms with van der Waals surface area (Å²) in [5.41, 5.74) is 0. The highest BCUT2D eigenvalue weighted by Gasteiger charge is 2.24. The van der Waals surface area contributed by atoms with Gasteiger partial charge in [0.05, 0.1) is 6.10 Å². The average Bonchev–Trinajstić information content (AvgIpc) is 2.79. The molecule has 2 heterocycles. The van der Waals surface area contributed by atoms with Gasteiger partial charge in [0.15, 0.2) is 0 Å². The van der Waals surface area contributed by atoms with Crippen LogP contribution in [-0.4, -0.2) is 33.7 Å². The van der Waals surface area contributed by atoms with Crippen LogP contribution in [-0.2, 0) is 18.5 Å². The number of hydrogen-bond donors (Lipinski definition) is 0. The van der Waals surface area contributed by atoms with Crippen molar-refractivity contribution in [2.24, 2.45) is 0 Å². The number of ether oxygens (including phenoxy) is 2. The lowest BCUT2D eigenvalue weighted by atomic mass is 10.1. The number of halogens is 1. The minimum absolute atomic E-state index is 0.0564. The fourth-order valence-electron chi connectivity index (χ4n) is 1.99. The molecular formula is C12H15ClO6S. The van der Waals surface area contributed by atoms with E-state index in [0.717, 1.165) is 25.3 Å². The predicted octanol–water partition coefficient (Wildman–Crippen LogP) is 2.24. The fraction of sp³-hybridized carbons (Fsp3) is 0.583. The number of carbonyl (C=O) groups excluding carboxylic acids is 1. The predicted molar refractivity (Wildman–Crippen MR) is 70.4 cm³/mol. The number of esters is 1. The summed E-state index contributed by atoms with van der Waals surface area (Å²) in [7, 11) is 1.29. The molecule has 1 aromatic rings. The first kappa shape index (κ1) is 15.3. The van der Waals surface area contributed by atoms with Crippen LogP contribution in [0.15, 0.2) is 15.4 Å². The molecule has 1 aliphatic rings. The molecule has 1 aliphatic heterocycles. The van der Waals surface area contributed by atoms with Gasteiger partial charge in [-0.15, -0.1) is 0 Å². The zero-order valence-corrected chi connectivity index (χ0v) is 12.5. The van der Waals surface area contributed by atoms with Crippen LogP contribution in [0.4, 0.5) is 0 Å². The molecule has 0 amide bonds. The van der Waals surface area contributed by atoms with Gasteiger partial charge in [0.2, 0.25) is 5.76 Å². The molecule has 0 radical (unpaired) electrons. The Labute approximate surface area is 121 Å². The summed E-state index contributed by atoms with van der Waals surface area (Å²) in [5.74, 6) is -0.854. The molecule has 20 heavy (non-hydrogen) atoms. The van der Waals surface area contributed by atoms with E-state index in [2.05, 4.69) is 0 Å². The lowest BCUT2D eigenvalue weighted by Crippen LogP contribution is -2.25. The van der Waals surface area contributed by atoms with Crippen LogP contribution in [0.1, 0.15) is 35.6 Å². The van der Waals surface area contributed by atoms with Crippen LogP contribution in [0.25, 0.3) is 0 Å². The van der Waals surface area contributed by atoms with Gasteiger partial charge >= 0.3 is 5.97 Å². The van der Waals surface area contributed by atoms with Crippen LogP contribution >= 0.6 is 10.7 Å². The molecule has 0 N–H and O–H groups in total. The van der Waals surface area contributed by atoms with Gasteiger partial charge in [-0.3, -0.25) is 0 Å². The highest BCUT2D eigenvalue weighted by molar-refractivity contribution is 8.13. The van der Waals surface area contributed by atoms with Crippen LogP contribution in [0.3, 0.4) is 0 Å². The first-order chi connectivity index (χ1) is 9.38. The maximum absolute atomic E-state index is 11.8. The normalized spacial score (nSPS) is 19.8. The standard InChI is InChI=1S/C12H15ClO6S/c1-8-11(20(13,15)16)6-10(19-8)12(14)18-7-9-4-2-3-5-17-9/h6,9H,2-5,7H2,1H3. The molecule has 8 heteroatoms. The smallest absolute Gasteiger partial charge is 0.374 e. The van der Waals surface area contributed by atoms with Crippen molar-refractivity contribution in [1.29, 1.82) is 0 Å². The number of furan rings is 1. The van der Waals surface area contributed by atoms with Crippen molar-refractivity contribution in [1.82, 2.24) is 0 Å².